The molecular formula is C26H20F4N4O2. The van der Waals surface area contributed by atoms with Gasteiger partial charge in [0.1, 0.15) is 12.4 Å². The van der Waals surface area contributed by atoms with Gasteiger partial charge in [-0.15, -0.1) is 0 Å². The van der Waals surface area contributed by atoms with Crippen molar-refractivity contribution in [2.45, 2.75) is 18.3 Å². The molecule has 1 amide bonds. The molecule has 0 aliphatic carbocycles. The van der Waals surface area contributed by atoms with E-state index in [0.29, 0.717) is 22.1 Å². The van der Waals surface area contributed by atoms with Crippen molar-refractivity contribution in [3.05, 3.63) is 96.1 Å². The molecule has 184 valence electrons. The number of alkyl halides is 3. The Balaban J connectivity index is 1.69. The lowest BCUT2D eigenvalue weighted by Gasteiger charge is -2.31. The van der Waals surface area contributed by atoms with Crippen LogP contribution in [0.25, 0.3) is 27.5 Å². The van der Waals surface area contributed by atoms with Crippen molar-refractivity contribution >= 4 is 27.7 Å². The highest BCUT2D eigenvalue weighted by Crippen LogP contribution is 2.47. The number of nitrogens with zero attached hydrogens (tertiary/aromatic N) is 3. The Kier molecular flexibility index (Phi) is 5.55. The molecule has 0 spiro atoms. The summed E-state index contributed by atoms with van der Waals surface area (Å²) in [7, 11) is 1.43. The fourth-order valence-electron chi connectivity index (χ4n) is 4.42. The Morgan fingerprint density at radius 3 is 2.44 bits per heavy atom. The van der Waals surface area contributed by atoms with Crippen molar-refractivity contribution < 1.29 is 27.5 Å². The minimum absolute atomic E-state index is 0.170. The number of aromatic nitrogens is 3. The molecule has 2 heterocycles. The first-order chi connectivity index (χ1) is 17.1. The van der Waals surface area contributed by atoms with Crippen LogP contribution in [-0.2, 0) is 16.9 Å². The van der Waals surface area contributed by atoms with E-state index in [1.54, 1.807) is 18.2 Å². The van der Waals surface area contributed by atoms with Gasteiger partial charge in [0, 0.05) is 35.1 Å². The number of rotatable bonds is 5. The van der Waals surface area contributed by atoms with Crippen LogP contribution in [0.5, 0.6) is 0 Å². The standard InChI is InChI=1S/C26H20F4N4O2/c1-31-24(35)15-33-14-21(20-4-2-3-5-23(20)33)25(36,26(28,29)30)17-6-11-22-16(12-17)13-32-34(22)19-9-7-18(27)8-10-19/h2-14,36H,15H2,1H3,(H,31,35). The van der Waals surface area contributed by atoms with Gasteiger partial charge in [0.05, 0.1) is 17.4 Å². The largest absolute Gasteiger partial charge is 0.425 e. The van der Waals surface area contributed by atoms with Crippen LogP contribution in [0.1, 0.15) is 11.1 Å². The number of benzene rings is 3. The lowest BCUT2D eigenvalue weighted by molar-refractivity contribution is -0.247. The Bertz CT molecular complexity index is 1590. The number of likely N-dealkylation sites (N-methyl/N-ethyl adjacent to an activating group) is 1. The molecule has 2 aromatic heterocycles. The third-order valence-corrected chi connectivity index (χ3v) is 6.24. The monoisotopic (exact) mass is 496 g/mol. The van der Waals surface area contributed by atoms with E-state index in [1.165, 1.54) is 77.2 Å². The summed E-state index contributed by atoms with van der Waals surface area (Å²) in [5.41, 5.74) is -2.76. The first-order valence-corrected chi connectivity index (χ1v) is 11.0. The van der Waals surface area contributed by atoms with E-state index in [9.17, 15) is 27.5 Å². The maximum Gasteiger partial charge on any atom is 0.425 e. The Hall–Kier alpha value is -4.18. The fraction of sp³-hybridized carbons (Fsp3) is 0.154. The number of aliphatic hydroxyl groups is 1. The summed E-state index contributed by atoms with van der Waals surface area (Å²) in [5.74, 6) is -0.823. The van der Waals surface area contributed by atoms with E-state index in [4.69, 9.17) is 0 Å². The van der Waals surface area contributed by atoms with Gasteiger partial charge in [-0.25, -0.2) is 9.07 Å². The van der Waals surface area contributed by atoms with Crippen LogP contribution in [0.2, 0.25) is 0 Å². The molecule has 0 saturated carbocycles. The van der Waals surface area contributed by atoms with Crippen molar-refractivity contribution in [2.24, 2.45) is 0 Å². The van der Waals surface area contributed by atoms with Gasteiger partial charge < -0.3 is 15.0 Å². The van der Waals surface area contributed by atoms with Gasteiger partial charge in [-0.2, -0.15) is 18.3 Å². The highest BCUT2D eigenvalue weighted by molar-refractivity contribution is 5.88. The van der Waals surface area contributed by atoms with E-state index in [0.717, 1.165) is 0 Å². The highest BCUT2D eigenvalue weighted by Gasteiger charge is 2.57. The maximum atomic E-state index is 14.7. The van der Waals surface area contributed by atoms with Crippen molar-refractivity contribution in [3.63, 3.8) is 0 Å². The number of para-hydroxylation sites is 1. The maximum absolute atomic E-state index is 14.7. The molecule has 1 unspecified atom stereocenters. The molecule has 6 nitrogen and oxygen atoms in total. The molecule has 5 rings (SSSR count). The number of fused-ring (bicyclic) bond motifs is 2. The Labute approximate surface area is 202 Å². The molecule has 0 fully saturated rings. The van der Waals surface area contributed by atoms with E-state index in [1.807, 2.05) is 0 Å². The van der Waals surface area contributed by atoms with Crippen molar-refractivity contribution in [1.82, 2.24) is 19.7 Å². The Morgan fingerprint density at radius 1 is 1.03 bits per heavy atom. The topological polar surface area (TPSA) is 72.1 Å². The number of amides is 1. The second-order valence-corrected chi connectivity index (χ2v) is 8.38. The molecule has 5 aromatic rings. The average molecular weight is 496 g/mol. The summed E-state index contributed by atoms with van der Waals surface area (Å²) in [5, 5.41) is 18.6. The molecular weight excluding hydrogens is 476 g/mol. The summed E-state index contributed by atoms with van der Waals surface area (Å²) in [4.78, 5) is 12.0. The summed E-state index contributed by atoms with van der Waals surface area (Å²) in [6.45, 7) is -0.214. The number of carbonyl (C=O) groups excluding carboxylic acids is 1. The van der Waals surface area contributed by atoms with Gasteiger partial charge in [0.25, 0.3) is 0 Å². The lowest BCUT2D eigenvalue weighted by atomic mass is 9.85. The summed E-state index contributed by atoms with van der Waals surface area (Å²) in [6.07, 6.45) is -2.54. The van der Waals surface area contributed by atoms with Crippen LogP contribution < -0.4 is 5.32 Å². The number of hydrogen-bond acceptors (Lipinski definition) is 3. The van der Waals surface area contributed by atoms with Crippen molar-refractivity contribution in [3.8, 4) is 5.69 Å². The van der Waals surface area contributed by atoms with E-state index in [-0.39, 0.29) is 17.5 Å². The van der Waals surface area contributed by atoms with Crippen LogP contribution in [0, 0.1) is 5.82 Å². The molecule has 0 aliphatic rings. The molecule has 10 heteroatoms. The number of halogens is 4. The van der Waals surface area contributed by atoms with Crippen LogP contribution >= 0.6 is 0 Å². The molecule has 0 saturated heterocycles. The minimum Gasteiger partial charge on any atom is -0.372 e. The van der Waals surface area contributed by atoms with E-state index < -0.39 is 29.1 Å². The molecule has 0 radical (unpaired) electrons. The molecule has 0 aliphatic heterocycles. The third kappa shape index (κ3) is 3.70. The molecule has 36 heavy (non-hydrogen) atoms. The highest BCUT2D eigenvalue weighted by atomic mass is 19.4. The smallest absolute Gasteiger partial charge is 0.372 e. The molecule has 3 aromatic carbocycles. The van der Waals surface area contributed by atoms with Gasteiger partial charge >= 0.3 is 6.18 Å². The van der Waals surface area contributed by atoms with Gasteiger partial charge in [-0.3, -0.25) is 4.79 Å². The normalized spacial score (nSPS) is 13.7. The quantitative estimate of drug-likeness (QED) is 0.348. The molecule has 2 N–H and O–H groups in total. The zero-order chi connectivity index (χ0) is 25.7. The number of hydrogen-bond donors (Lipinski definition) is 2. The first kappa shape index (κ1) is 23.6. The zero-order valence-electron chi connectivity index (χ0n) is 18.9. The number of carbonyl (C=O) groups is 1. The van der Waals surface area contributed by atoms with E-state index >= 15 is 0 Å². The van der Waals surface area contributed by atoms with Crippen molar-refractivity contribution in [1.29, 1.82) is 0 Å². The first-order valence-electron chi connectivity index (χ1n) is 11.0. The Morgan fingerprint density at radius 2 is 1.75 bits per heavy atom. The predicted octanol–water partition coefficient (Wildman–Crippen LogP) is 4.66. The summed E-state index contributed by atoms with van der Waals surface area (Å²) in [6, 6.07) is 15.7. The van der Waals surface area contributed by atoms with Gasteiger partial charge in [-0.05, 0) is 48.0 Å². The number of nitrogens with one attached hydrogen (secondary N) is 1. The van der Waals surface area contributed by atoms with Crippen LogP contribution in [-0.4, -0.2) is 38.6 Å². The van der Waals surface area contributed by atoms with Gasteiger partial charge in [-0.1, -0.05) is 24.3 Å². The zero-order valence-corrected chi connectivity index (χ0v) is 18.9. The van der Waals surface area contributed by atoms with Crippen LogP contribution in [0.3, 0.4) is 0 Å². The van der Waals surface area contributed by atoms with Crippen LogP contribution in [0.4, 0.5) is 17.6 Å². The predicted molar refractivity (Wildman–Crippen MR) is 126 cm³/mol. The van der Waals surface area contributed by atoms with Crippen LogP contribution in [0.15, 0.2) is 79.1 Å². The second kappa shape index (κ2) is 8.49. The molecule has 1 atom stereocenters. The second-order valence-electron chi connectivity index (χ2n) is 8.38. The van der Waals surface area contributed by atoms with Gasteiger partial charge in [0.2, 0.25) is 11.5 Å². The summed E-state index contributed by atoms with van der Waals surface area (Å²) >= 11 is 0. The minimum atomic E-state index is -5.09. The molecule has 0 bridgehead atoms. The lowest BCUT2D eigenvalue weighted by Crippen LogP contribution is -2.43. The van der Waals surface area contributed by atoms with E-state index in [2.05, 4.69) is 10.4 Å². The SMILES string of the molecule is CNC(=O)Cn1cc(C(O)(c2ccc3c(cnn3-c3ccc(F)cc3)c2)C(F)(F)F)c2ccccc21. The third-order valence-electron chi connectivity index (χ3n) is 6.24. The average Bonchev–Trinajstić information content (AvgIpc) is 3.45. The van der Waals surface area contributed by atoms with Crippen molar-refractivity contribution in [2.75, 3.05) is 7.05 Å². The van der Waals surface area contributed by atoms with Gasteiger partial charge in [0.15, 0.2) is 0 Å². The summed E-state index contributed by atoms with van der Waals surface area (Å²) < 4.78 is 60.1. The fourth-order valence-corrected chi connectivity index (χ4v) is 4.42.